The lowest BCUT2D eigenvalue weighted by atomic mass is 9.85. The highest BCUT2D eigenvalue weighted by Crippen LogP contribution is 2.52. The molecular weight excluding hydrogens is 233 g/mol. The van der Waals surface area contributed by atoms with Gasteiger partial charge >= 0.3 is 12.1 Å². The van der Waals surface area contributed by atoms with Gasteiger partial charge in [-0.15, -0.1) is 0 Å². The molecule has 0 saturated heterocycles. The molecule has 2 bridgehead atoms. The zero-order valence-corrected chi connectivity index (χ0v) is 9.64. The van der Waals surface area contributed by atoms with Crippen LogP contribution in [-0.4, -0.2) is 17.7 Å². The molecule has 5 heteroatoms. The van der Waals surface area contributed by atoms with Crippen LogP contribution >= 0.6 is 0 Å². The normalized spacial score (nSPS) is 36.0. The Bertz CT molecular complexity index is 361. The van der Waals surface area contributed by atoms with E-state index in [9.17, 15) is 18.0 Å². The third kappa shape index (κ3) is 2.19. The first-order valence-electron chi connectivity index (χ1n) is 5.72. The zero-order chi connectivity index (χ0) is 12.8. The van der Waals surface area contributed by atoms with Gasteiger partial charge in [0.15, 0.2) is 0 Å². The van der Waals surface area contributed by atoms with Crippen LogP contribution in [0.5, 0.6) is 0 Å². The summed E-state index contributed by atoms with van der Waals surface area (Å²) < 4.78 is 41.9. The van der Waals surface area contributed by atoms with E-state index in [4.69, 9.17) is 4.74 Å². The largest absolute Gasteiger partial charge is 0.455 e. The van der Waals surface area contributed by atoms with Gasteiger partial charge in [-0.3, -0.25) is 0 Å². The van der Waals surface area contributed by atoms with Crippen molar-refractivity contribution < 1.29 is 22.7 Å². The molecule has 2 fully saturated rings. The first kappa shape index (κ1) is 12.5. The van der Waals surface area contributed by atoms with Gasteiger partial charge in [0, 0.05) is 0 Å². The van der Waals surface area contributed by atoms with Crippen molar-refractivity contribution in [3.63, 3.8) is 0 Å². The molecule has 0 amide bonds. The fraction of sp³-hybridized carbons (Fsp3) is 0.750. The van der Waals surface area contributed by atoms with Crippen molar-refractivity contribution >= 4 is 5.97 Å². The Kier molecular flexibility index (Phi) is 2.75. The van der Waals surface area contributed by atoms with Gasteiger partial charge in [0.2, 0.25) is 0 Å². The van der Waals surface area contributed by atoms with E-state index in [-0.39, 0.29) is 5.92 Å². The topological polar surface area (TPSA) is 26.3 Å². The fourth-order valence-corrected chi connectivity index (χ4v) is 3.07. The van der Waals surface area contributed by atoms with E-state index in [1.54, 1.807) is 6.92 Å². The van der Waals surface area contributed by atoms with Crippen molar-refractivity contribution in [1.82, 2.24) is 0 Å². The predicted octanol–water partition coefficient (Wildman–Crippen LogP) is 3.23. The quantitative estimate of drug-likeness (QED) is 0.554. The third-order valence-corrected chi connectivity index (χ3v) is 4.01. The molecule has 0 heterocycles. The Morgan fingerprint density at radius 1 is 1.41 bits per heavy atom. The molecule has 96 valence electrons. The predicted molar refractivity (Wildman–Crippen MR) is 55.1 cm³/mol. The molecular formula is C12H15F3O2. The summed E-state index contributed by atoms with van der Waals surface area (Å²) in [5.41, 5.74) is -2.14. The summed E-state index contributed by atoms with van der Waals surface area (Å²) >= 11 is 0. The molecule has 2 aliphatic rings. The monoisotopic (exact) mass is 248 g/mol. The molecule has 0 aromatic rings. The Morgan fingerprint density at radius 3 is 2.47 bits per heavy atom. The van der Waals surface area contributed by atoms with Gasteiger partial charge in [-0.25, -0.2) is 4.79 Å². The Labute approximate surface area is 97.8 Å². The van der Waals surface area contributed by atoms with Crippen molar-refractivity contribution in [3.8, 4) is 0 Å². The van der Waals surface area contributed by atoms with Crippen LogP contribution in [0.3, 0.4) is 0 Å². The van der Waals surface area contributed by atoms with Crippen LogP contribution in [0.15, 0.2) is 12.2 Å². The summed E-state index contributed by atoms with van der Waals surface area (Å²) in [6.07, 6.45) is -1.03. The van der Waals surface area contributed by atoms with Crippen molar-refractivity contribution in [2.24, 2.45) is 11.8 Å². The van der Waals surface area contributed by atoms with E-state index < -0.39 is 23.3 Å². The number of alkyl halides is 3. The average Bonchev–Trinajstić information content (AvgIpc) is 2.73. The number of fused-ring (bicyclic) bond motifs is 2. The molecule has 2 nitrogen and oxygen atoms in total. The lowest BCUT2D eigenvalue weighted by Crippen LogP contribution is -2.39. The highest BCUT2D eigenvalue weighted by atomic mass is 19.4. The van der Waals surface area contributed by atoms with Gasteiger partial charge in [0.1, 0.15) is 11.2 Å². The van der Waals surface area contributed by atoms with Crippen LogP contribution in [0, 0.1) is 11.8 Å². The van der Waals surface area contributed by atoms with Crippen LogP contribution in [-0.2, 0) is 9.53 Å². The molecule has 0 aromatic carbocycles. The molecule has 3 atom stereocenters. The van der Waals surface area contributed by atoms with Crippen molar-refractivity contribution in [2.75, 3.05) is 0 Å². The maximum Gasteiger partial charge on any atom is 0.422 e. The van der Waals surface area contributed by atoms with E-state index in [0.29, 0.717) is 12.3 Å². The smallest absolute Gasteiger partial charge is 0.422 e. The van der Waals surface area contributed by atoms with Gasteiger partial charge in [-0.1, -0.05) is 6.58 Å². The molecule has 0 spiro atoms. The van der Waals surface area contributed by atoms with Gasteiger partial charge in [-0.2, -0.15) is 13.2 Å². The van der Waals surface area contributed by atoms with Crippen LogP contribution in [0.25, 0.3) is 0 Å². The maximum atomic E-state index is 12.3. The Morgan fingerprint density at radius 2 is 2.06 bits per heavy atom. The Hall–Kier alpha value is -1.00. The minimum Gasteiger partial charge on any atom is -0.455 e. The van der Waals surface area contributed by atoms with Gasteiger partial charge < -0.3 is 4.74 Å². The number of hydrogen-bond acceptors (Lipinski definition) is 2. The SMILES string of the molecule is C=C(C(=O)OC1(C)CC2CCC1C2)C(F)(F)F. The minimum atomic E-state index is -4.70. The van der Waals surface area contributed by atoms with E-state index in [1.807, 2.05) is 0 Å². The molecule has 0 aromatic heterocycles. The summed E-state index contributed by atoms with van der Waals surface area (Å²) in [6.45, 7) is 4.50. The fourth-order valence-electron chi connectivity index (χ4n) is 3.07. The van der Waals surface area contributed by atoms with Crippen molar-refractivity contribution in [3.05, 3.63) is 12.2 Å². The van der Waals surface area contributed by atoms with Crippen LogP contribution in [0.2, 0.25) is 0 Å². The van der Waals surface area contributed by atoms with E-state index in [1.165, 1.54) is 0 Å². The van der Waals surface area contributed by atoms with Gasteiger partial charge in [0.05, 0.1) is 0 Å². The first-order valence-corrected chi connectivity index (χ1v) is 5.72. The lowest BCUT2D eigenvalue weighted by Gasteiger charge is -2.33. The summed E-state index contributed by atoms with van der Waals surface area (Å²) in [7, 11) is 0. The van der Waals surface area contributed by atoms with E-state index >= 15 is 0 Å². The summed E-state index contributed by atoms with van der Waals surface area (Å²) in [5.74, 6) is -0.623. The second-order valence-corrected chi connectivity index (χ2v) is 5.26. The van der Waals surface area contributed by atoms with Gasteiger partial charge in [0.25, 0.3) is 0 Å². The van der Waals surface area contributed by atoms with Crippen LogP contribution in [0.4, 0.5) is 13.2 Å². The molecule has 2 aliphatic carbocycles. The summed E-state index contributed by atoms with van der Waals surface area (Å²) in [5, 5.41) is 0. The number of carbonyl (C=O) groups excluding carboxylic acids is 1. The Balaban J connectivity index is 2.02. The van der Waals surface area contributed by atoms with E-state index in [0.717, 1.165) is 19.3 Å². The lowest BCUT2D eigenvalue weighted by molar-refractivity contribution is -0.168. The molecule has 17 heavy (non-hydrogen) atoms. The van der Waals surface area contributed by atoms with Crippen molar-refractivity contribution in [1.29, 1.82) is 0 Å². The second-order valence-electron chi connectivity index (χ2n) is 5.26. The highest BCUT2D eigenvalue weighted by Gasteiger charge is 2.52. The number of hydrogen-bond donors (Lipinski definition) is 0. The molecule has 3 unspecified atom stereocenters. The number of esters is 1. The molecule has 0 aliphatic heterocycles. The number of rotatable bonds is 2. The maximum absolute atomic E-state index is 12.3. The standard InChI is InChI=1S/C12H15F3O2/c1-7(12(13,14)15)10(16)17-11(2)6-8-3-4-9(11)5-8/h8-9H,1,3-6H2,2H3. The summed E-state index contributed by atoms with van der Waals surface area (Å²) in [4.78, 5) is 11.4. The molecule has 0 radical (unpaired) electrons. The molecule has 0 N–H and O–H groups in total. The van der Waals surface area contributed by atoms with Crippen LogP contribution < -0.4 is 0 Å². The molecule has 2 saturated carbocycles. The van der Waals surface area contributed by atoms with Crippen LogP contribution in [0.1, 0.15) is 32.6 Å². The molecule has 2 rings (SSSR count). The van der Waals surface area contributed by atoms with E-state index in [2.05, 4.69) is 6.58 Å². The van der Waals surface area contributed by atoms with Gasteiger partial charge in [-0.05, 0) is 44.4 Å². The second kappa shape index (κ2) is 3.75. The zero-order valence-electron chi connectivity index (χ0n) is 9.64. The third-order valence-electron chi connectivity index (χ3n) is 4.01. The average molecular weight is 248 g/mol. The first-order chi connectivity index (χ1) is 7.72. The number of ether oxygens (including phenoxy) is 1. The number of carbonyl (C=O) groups is 1. The minimum absolute atomic E-state index is 0.206. The summed E-state index contributed by atoms with van der Waals surface area (Å²) in [6, 6.07) is 0. The number of halogens is 3. The van der Waals surface area contributed by atoms with Crippen molar-refractivity contribution in [2.45, 2.75) is 44.4 Å². The highest BCUT2D eigenvalue weighted by molar-refractivity contribution is 5.89.